The average molecular weight is 432 g/mol. The molecule has 0 bridgehead atoms. The van der Waals surface area contributed by atoms with Crippen LogP contribution >= 0.6 is 0 Å². The lowest BCUT2D eigenvalue weighted by Crippen LogP contribution is -2.48. The number of rotatable bonds is 8. The molecule has 1 saturated heterocycles. The highest BCUT2D eigenvalue weighted by Gasteiger charge is 2.30. The van der Waals surface area contributed by atoms with Crippen LogP contribution in [0.2, 0.25) is 0 Å². The van der Waals surface area contributed by atoms with Gasteiger partial charge in [-0.15, -0.1) is 0 Å². The van der Waals surface area contributed by atoms with Crippen molar-refractivity contribution in [2.24, 2.45) is 0 Å². The van der Waals surface area contributed by atoms with Crippen molar-refractivity contribution in [3.63, 3.8) is 0 Å². The average Bonchev–Trinajstić information content (AvgIpc) is 2.78. The van der Waals surface area contributed by atoms with E-state index in [-0.39, 0.29) is 23.6 Å². The number of aliphatic carboxylic acids is 1. The first-order valence-corrected chi connectivity index (χ1v) is 10.2. The Kier molecular flexibility index (Phi) is 7.22. The summed E-state index contributed by atoms with van der Waals surface area (Å²) in [4.78, 5) is 27.3. The Balaban J connectivity index is 1.70. The van der Waals surface area contributed by atoms with Gasteiger partial charge in [0.25, 0.3) is 11.8 Å². The lowest BCUT2D eigenvalue weighted by Gasteiger charge is -2.35. The molecule has 0 saturated carbocycles. The minimum absolute atomic E-state index is 0.0321. The number of alkyl halides is 2. The quantitative estimate of drug-likeness (QED) is 0.690. The van der Waals surface area contributed by atoms with Gasteiger partial charge in [-0.3, -0.25) is 9.69 Å². The summed E-state index contributed by atoms with van der Waals surface area (Å²) < 4.78 is 33.7. The number of piperazine rings is 1. The minimum atomic E-state index is -2.97. The molecule has 31 heavy (non-hydrogen) atoms. The van der Waals surface area contributed by atoms with Gasteiger partial charge in [-0.2, -0.15) is 0 Å². The van der Waals surface area contributed by atoms with Crippen LogP contribution < -0.4 is 4.74 Å². The van der Waals surface area contributed by atoms with E-state index in [9.17, 15) is 18.4 Å². The summed E-state index contributed by atoms with van der Waals surface area (Å²) in [5.41, 5.74) is 1.02. The van der Waals surface area contributed by atoms with Crippen LogP contribution in [-0.2, 0) is 17.3 Å². The fraction of sp³-hybridized carbons (Fsp3) is 0.391. The van der Waals surface area contributed by atoms with Gasteiger partial charge in [-0.25, -0.2) is 13.6 Å². The van der Waals surface area contributed by atoms with Gasteiger partial charge < -0.3 is 14.7 Å². The standard InChI is InChI=1S/C23H26F2N2O4/c1-2-23(24,25)19-8-9-20(31-16-21(28)29)18(14-19)15-26-10-12-27(13-11-26)22(30)17-6-4-3-5-7-17/h3-9,14H,2,10-13,15-16H2,1H3,(H,28,29). The number of carbonyl (C=O) groups is 2. The molecule has 1 heterocycles. The van der Waals surface area contributed by atoms with Gasteiger partial charge in [0.1, 0.15) is 5.75 Å². The summed E-state index contributed by atoms with van der Waals surface area (Å²) in [5, 5.41) is 8.89. The second-order valence-electron chi connectivity index (χ2n) is 7.50. The molecule has 3 rings (SSSR count). The third-order valence-electron chi connectivity index (χ3n) is 5.35. The normalized spacial score (nSPS) is 15.0. The summed E-state index contributed by atoms with van der Waals surface area (Å²) in [6, 6.07) is 13.1. The zero-order chi connectivity index (χ0) is 22.4. The third-order valence-corrected chi connectivity index (χ3v) is 5.35. The summed E-state index contributed by atoms with van der Waals surface area (Å²) in [6.45, 7) is 3.38. The SMILES string of the molecule is CCC(F)(F)c1ccc(OCC(=O)O)c(CN2CCN(C(=O)c3ccccc3)CC2)c1. The molecule has 1 amide bonds. The van der Waals surface area contributed by atoms with E-state index < -0.39 is 18.5 Å². The van der Waals surface area contributed by atoms with Gasteiger partial charge in [0.15, 0.2) is 6.61 Å². The van der Waals surface area contributed by atoms with Gasteiger partial charge in [-0.1, -0.05) is 25.1 Å². The van der Waals surface area contributed by atoms with Gasteiger partial charge in [-0.05, 0) is 30.3 Å². The number of hydrogen-bond donors (Lipinski definition) is 1. The number of carbonyl (C=O) groups excluding carboxylic acids is 1. The molecule has 0 spiro atoms. The second kappa shape index (κ2) is 9.87. The molecule has 0 aromatic heterocycles. The summed E-state index contributed by atoms with van der Waals surface area (Å²) in [7, 11) is 0. The highest BCUT2D eigenvalue weighted by atomic mass is 19.3. The molecule has 2 aromatic carbocycles. The number of carboxylic acid groups (broad SMARTS) is 1. The van der Waals surface area contributed by atoms with Crippen molar-refractivity contribution in [2.45, 2.75) is 25.8 Å². The smallest absolute Gasteiger partial charge is 0.341 e. The number of benzene rings is 2. The van der Waals surface area contributed by atoms with Crippen molar-refractivity contribution >= 4 is 11.9 Å². The molecule has 0 atom stereocenters. The van der Waals surface area contributed by atoms with Crippen molar-refractivity contribution < 1.29 is 28.2 Å². The summed E-state index contributed by atoms with van der Waals surface area (Å²) in [6.07, 6.45) is -0.331. The molecule has 1 fully saturated rings. The van der Waals surface area contributed by atoms with Crippen molar-refractivity contribution in [3.8, 4) is 5.75 Å². The molecular weight excluding hydrogens is 406 g/mol. The number of carboxylic acids is 1. The predicted molar refractivity (Wildman–Crippen MR) is 111 cm³/mol. The molecule has 0 unspecified atom stereocenters. The lowest BCUT2D eigenvalue weighted by atomic mass is 10.0. The van der Waals surface area contributed by atoms with E-state index >= 15 is 0 Å². The molecule has 1 aliphatic rings. The number of halogens is 2. The molecule has 8 heteroatoms. The number of amides is 1. The fourth-order valence-corrected chi connectivity index (χ4v) is 3.53. The van der Waals surface area contributed by atoms with E-state index in [1.54, 1.807) is 17.0 Å². The fourth-order valence-electron chi connectivity index (χ4n) is 3.53. The van der Waals surface area contributed by atoms with Crippen LogP contribution in [-0.4, -0.2) is 59.6 Å². The Bertz CT molecular complexity index is 913. The zero-order valence-electron chi connectivity index (χ0n) is 17.4. The van der Waals surface area contributed by atoms with Crippen LogP contribution in [0.25, 0.3) is 0 Å². The van der Waals surface area contributed by atoms with E-state index in [0.29, 0.717) is 43.9 Å². The first-order valence-electron chi connectivity index (χ1n) is 10.2. The Labute approximate surface area is 180 Å². The van der Waals surface area contributed by atoms with E-state index in [1.165, 1.54) is 25.1 Å². The van der Waals surface area contributed by atoms with Crippen molar-refractivity contribution in [3.05, 3.63) is 65.2 Å². The predicted octanol–water partition coefficient (Wildman–Crippen LogP) is 3.61. The van der Waals surface area contributed by atoms with Crippen molar-refractivity contribution in [1.82, 2.24) is 9.80 Å². The van der Waals surface area contributed by atoms with E-state index in [4.69, 9.17) is 9.84 Å². The molecule has 0 radical (unpaired) electrons. The van der Waals surface area contributed by atoms with Crippen LogP contribution in [0.15, 0.2) is 48.5 Å². The monoisotopic (exact) mass is 432 g/mol. The van der Waals surface area contributed by atoms with Crippen molar-refractivity contribution in [2.75, 3.05) is 32.8 Å². The molecule has 0 aliphatic carbocycles. The number of nitrogens with zero attached hydrogens (tertiary/aromatic N) is 2. The topological polar surface area (TPSA) is 70.1 Å². The van der Waals surface area contributed by atoms with Crippen molar-refractivity contribution in [1.29, 1.82) is 0 Å². The lowest BCUT2D eigenvalue weighted by molar-refractivity contribution is -0.139. The third kappa shape index (κ3) is 5.79. The first-order chi connectivity index (χ1) is 14.8. The Morgan fingerprint density at radius 3 is 2.35 bits per heavy atom. The van der Waals surface area contributed by atoms with Crippen LogP contribution in [0.3, 0.4) is 0 Å². The highest BCUT2D eigenvalue weighted by molar-refractivity contribution is 5.94. The van der Waals surface area contributed by atoms with Crippen LogP contribution in [0, 0.1) is 0 Å². The maximum Gasteiger partial charge on any atom is 0.341 e. The Hall–Kier alpha value is -3.00. The molecule has 166 valence electrons. The Morgan fingerprint density at radius 1 is 1.06 bits per heavy atom. The van der Waals surface area contributed by atoms with Gasteiger partial charge in [0.05, 0.1) is 0 Å². The molecule has 1 aliphatic heterocycles. The van der Waals surface area contributed by atoms with Crippen LogP contribution in [0.5, 0.6) is 5.75 Å². The van der Waals surface area contributed by atoms with E-state index in [0.717, 1.165) is 0 Å². The van der Waals surface area contributed by atoms with Gasteiger partial charge in [0.2, 0.25) is 0 Å². The summed E-state index contributed by atoms with van der Waals surface area (Å²) >= 11 is 0. The zero-order valence-corrected chi connectivity index (χ0v) is 17.4. The maximum absolute atomic E-state index is 14.2. The van der Waals surface area contributed by atoms with E-state index in [2.05, 4.69) is 0 Å². The van der Waals surface area contributed by atoms with Gasteiger partial charge >= 0.3 is 5.97 Å². The van der Waals surface area contributed by atoms with Gasteiger partial charge in [0, 0.05) is 55.8 Å². The van der Waals surface area contributed by atoms with E-state index in [1.807, 2.05) is 23.1 Å². The van der Waals surface area contributed by atoms with Crippen LogP contribution in [0.1, 0.15) is 34.8 Å². The first kappa shape index (κ1) is 22.7. The molecule has 6 nitrogen and oxygen atoms in total. The number of hydrogen-bond acceptors (Lipinski definition) is 4. The molecule has 2 aromatic rings. The van der Waals surface area contributed by atoms with Crippen LogP contribution in [0.4, 0.5) is 8.78 Å². The highest BCUT2D eigenvalue weighted by Crippen LogP contribution is 2.34. The largest absolute Gasteiger partial charge is 0.482 e. The summed E-state index contributed by atoms with van der Waals surface area (Å²) in [5.74, 6) is -3.86. The maximum atomic E-state index is 14.2. The minimum Gasteiger partial charge on any atom is -0.482 e. The second-order valence-corrected chi connectivity index (χ2v) is 7.50. The molecule has 1 N–H and O–H groups in total. The molecular formula is C23H26F2N2O4. The number of ether oxygens (including phenoxy) is 1. The Morgan fingerprint density at radius 2 is 1.74 bits per heavy atom.